The first-order chi connectivity index (χ1) is 8.29. The van der Waals surface area contributed by atoms with Gasteiger partial charge in [-0.2, -0.15) is 0 Å². The molecule has 0 aliphatic rings. The summed E-state index contributed by atoms with van der Waals surface area (Å²) in [5, 5.41) is 4.25. The predicted molar refractivity (Wildman–Crippen MR) is 75.3 cm³/mol. The quantitative estimate of drug-likeness (QED) is 0.692. The molecule has 0 aliphatic heterocycles. The fourth-order valence-corrected chi connectivity index (χ4v) is 2.18. The molecule has 0 aliphatic carbocycles. The first-order valence-electron chi connectivity index (χ1n) is 5.13. The number of anilines is 1. The molecule has 17 heavy (non-hydrogen) atoms. The van der Waals surface area contributed by atoms with E-state index < -0.39 is 0 Å². The Labute approximate surface area is 113 Å². The SMILES string of the molecule is CSc1cc(NCc2ccccc2Br)ncn1. The summed E-state index contributed by atoms with van der Waals surface area (Å²) in [6, 6.07) is 10.1. The lowest BCUT2D eigenvalue weighted by Gasteiger charge is -2.07. The first kappa shape index (κ1) is 12.4. The third kappa shape index (κ3) is 3.44. The van der Waals surface area contributed by atoms with Crippen LogP contribution in [0.25, 0.3) is 0 Å². The molecule has 0 spiro atoms. The van der Waals surface area contributed by atoms with Gasteiger partial charge in [-0.3, -0.25) is 0 Å². The van der Waals surface area contributed by atoms with E-state index in [1.165, 1.54) is 5.56 Å². The Hall–Kier alpha value is -1.07. The van der Waals surface area contributed by atoms with Gasteiger partial charge in [0.15, 0.2) is 0 Å². The van der Waals surface area contributed by atoms with Crippen LogP contribution in [0.2, 0.25) is 0 Å². The van der Waals surface area contributed by atoms with E-state index in [1.807, 2.05) is 30.5 Å². The zero-order valence-corrected chi connectivity index (χ0v) is 11.8. The Kier molecular flexibility index (Phi) is 4.39. The second kappa shape index (κ2) is 6.02. The van der Waals surface area contributed by atoms with Crippen LogP contribution < -0.4 is 5.32 Å². The number of nitrogens with one attached hydrogen (secondary N) is 1. The van der Waals surface area contributed by atoms with Crippen LogP contribution in [0.4, 0.5) is 5.82 Å². The van der Waals surface area contributed by atoms with Crippen molar-refractivity contribution in [1.29, 1.82) is 0 Å². The minimum atomic E-state index is 0.742. The van der Waals surface area contributed by atoms with Crippen molar-refractivity contribution in [2.24, 2.45) is 0 Å². The molecule has 88 valence electrons. The van der Waals surface area contributed by atoms with Crippen molar-refractivity contribution >= 4 is 33.5 Å². The maximum Gasteiger partial charge on any atom is 0.130 e. The lowest BCUT2D eigenvalue weighted by atomic mass is 10.2. The largest absolute Gasteiger partial charge is 0.366 e. The molecule has 0 saturated heterocycles. The molecule has 0 unspecified atom stereocenters. The second-order valence-electron chi connectivity index (χ2n) is 3.39. The van der Waals surface area contributed by atoms with Gasteiger partial charge in [-0.05, 0) is 17.9 Å². The number of aromatic nitrogens is 2. The van der Waals surface area contributed by atoms with Gasteiger partial charge in [0.25, 0.3) is 0 Å². The van der Waals surface area contributed by atoms with Gasteiger partial charge in [-0.25, -0.2) is 9.97 Å². The Bertz CT molecular complexity index is 505. The Morgan fingerprint density at radius 2 is 2.12 bits per heavy atom. The summed E-state index contributed by atoms with van der Waals surface area (Å²) in [4.78, 5) is 8.31. The van der Waals surface area contributed by atoms with Crippen LogP contribution in [0.5, 0.6) is 0 Å². The number of halogens is 1. The van der Waals surface area contributed by atoms with E-state index in [4.69, 9.17) is 0 Å². The predicted octanol–water partition coefficient (Wildman–Crippen LogP) is 3.57. The van der Waals surface area contributed by atoms with Gasteiger partial charge in [0.05, 0.1) is 0 Å². The summed E-state index contributed by atoms with van der Waals surface area (Å²) in [6.45, 7) is 0.742. The molecule has 0 radical (unpaired) electrons. The van der Waals surface area contributed by atoms with Crippen molar-refractivity contribution in [3.63, 3.8) is 0 Å². The molecule has 3 nitrogen and oxygen atoms in total. The zero-order valence-electron chi connectivity index (χ0n) is 9.35. The lowest BCUT2D eigenvalue weighted by molar-refractivity contribution is 1.02. The molecule has 0 fully saturated rings. The Balaban J connectivity index is 2.05. The van der Waals surface area contributed by atoms with Crippen molar-refractivity contribution in [2.75, 3.05) is 11.6 Å². The van der Waals surface area contributed by atoms with Crippen molar-refractivity contribution in [2.45, 2.75) is 11.6 Å². The van der Waals surface area contributed by atoms with E-state index in [1.54, 1.807) is 18.1 Å². The van der Waals surface area contributed by atoms with Crippen LogP contribution in [-0.2, 0) is 6.54 Å². The van der Waals surface area contributed by atoms with Crippen molar-refractivity contribution in [1.82, 2.24) is 9.97 Å². The molecule has 2 aromatic rings. The maximum atomic E-state index is 4.18. The zero-order chi connectivity index (χ0) is 12.1. The first-order valence-corrected chi connectivity index (χ1v) is 7.14. The van der Waals surface area contributed by atoms with Gasteiger partial charge < -0.3 is 5.32 Å². The molecule has 1 N–H and O–H groups in total. The van der Waals surface area contributed by atoms with Gasteiger partial charge in [-0.15, -0.1) is 11.8 Å². The van der Waals surface area contributed by atoms with Crippen molar-refractivity contribution in [3.05, 3.63) is 46.7 Å². The number of benzene rings is 1. The smallest absolute Gasteiger partial charge is 0.130 e. The van der Waals surface area contributed by atoms with Crippen LogP contribution in [0.3, 0.4) is 0 Å². The summed E-state index contributed by atoms with van der Waals surface area (Å²) in [7, 11) is 0. The van der Waals surface area contributed by atoms with Crippen LogP contribution in [0, 0.1) is 0 Å². The molecule has 1 aromatic carbocycles. The monoisotopic (exact) mass is 309 g/mol. The number of hydrogen-bond acceptors (Lipinski definition) is 4. The van der Waals surface area contributed by atoms with Crippen molar-refractivity contribution in [3.8, 4) is 0 Å². The highest BCUT2D eigenvalue weighted by Crippen LogP contribution is 2.18. The summed E-state index contributed by atoms with van der Waals surface area (Å²) in [5.74, 6) is 0.847. The van der Waals surface area contributed by atoms with E-state index in [0.717, 1.165) is 21.9 Å². The molecule has 1 aromatic heterocycles. The van der Waals surface area contributed by atoms with Gasteiger partial charge in [0.2, 0.25) is 0 Å². The fraction of sp³-hybridized carbons (Fsp3) is 0.167. The number of hydrogen-bond donors (Lipinski definition) is 1. The van der Waals surface area contributed by atoms with Crippen molar-refractivity contribution < 1.29 is 0 Å². The van der Waals surface area contributed by atoms with Crippen LogP contribution in [0.15, 0.2) is 46.2 Å². The van der Waals surface area contributed by atoms with Gasteiger partial charge in [-0.1, -0.05) is 34.1 Å². The molecule has 0 atom stereocenters. The van der Waals surface area contributed by atoms with E-state index in [0.29, 0.717) is 0 Å². The third-order valence-electron chi connectivity index (χ3n) is 2.27. The number of rotatable bonds is 4. The highest BCUT2D eigenvalue weighted by atomic mass is 79.9. The number of thioether (sulfide) groups is 1. The molecule has 0 saturated carbocycles. The van der Waals surface area contributed by atoms with E-state index in [2.05, 4.69) is 37.3 Å². The highest BCUT2D eigenvalue weighted by Gasteiger charge is 2.00. The fourth-order valence-electron chi connectivity index (χ4n) is 1.38. The van der Waals surface area contributed by atoms with E-state index >= 15 is 0 Å². The Morgan fingerprint density at radius 3 is 2.88 bits per heavy atom. The summed E-state index contributed by atoms with van der Waals surface area (Å²) in [6.07, 6.45) is 3.58. The van der Waals surface area contributed by atoms with Gasteiger partial charge >= 0.3 is 0 Å². The summed E-state index contributed by atoms with van der Waals surface area (Å²) in [5.41, 5.74) is 1.21. The van der Waals surface area contributed by atoms with E-state index in [9.17, 15) is 0 Å². The minimum absolute atomic E-state index is 0.742. The third-order valence-corrected chi connectivity index (χ3v) is 3.68. The van der Waals surface area contributed by atoms with Gasteiger partial charge in [0, 0.05) is 17.1 Å². The highest BCUT2D eigenvalue weighted by molar-refractivity contribution is 9.10. The van der Waals surface area contributed by atoms with Crippen LogP contribution >= 0.6 is 27.7 Å². The Morgan fingerprint density at radius 1 is 1.29 bits per heavy atom. The normalized spacial score (nSPS) is 10.2. The minimum Gasteiger partial charge on any atom is -0.366 e. The topological polar surface area (TPSA) is 37.8 Å². The summed E-state index contributed by atoms with van der Waals surface area (Å²) < 4.78 is 1.10. The second-order valence-corrected chi connectivity index (χ2v) is 5.07. The average molecular weight is 310 g/mol. The summed E-state index contributed by atoms with van der Waals surface area (Å²) >= 11 is 5.13. The average Bonchev–Trinajstić information content (AvgIpc) is 2.38. The molecular weight excluding hydrogens is 298 g/mol. The molecule has 5 heteroatoms. The van der Waals surface area contributed by atoms with Crippen LogP contribution in [-0.4, -0.2) is 16.2 Å². The maximum absolute atomic E-state index is 4.18. The molecular formula is C12H12BrN3S. The molecule has 1 heterocycles. The molecule has 0 amide bonds. The standard InChI is InChI=1S/C12H12BrN3S/c1-17-12-6-11(15-8-16-12)14-7-9-4-2-3-5-10(9)13/h2-6,8H,7H2,1H3,(H,14,15,16). The van der Waals surface area contributed by atoms with Crippen LogP contribution in [0.1, 0.15) is 5.56 Å². The number of nitrogens with zero attached hydrogens (tertiary/aromatic N) is 2. The van der Waals surface area contributed by atoms with Gasteiger partial charge in [0.1, 0.15) is 17.2 Å². The molecule has 2 rings (SSSR count). The lowest BCUT2D eigenvalue weighted by Crippen LogP contribution is -2.02. The molecule has 0 bridgehead atoms. The van der Waals surface area contributed by atoms with E-state index in [-0.39, 0.29) is 0 Å².